The molecule has 0 amide bonds. The number of phosphoric acid groups is 1. The average Bonchev–Trinajstić information content (AvgIpc) is 3.10. The molecule has 0 aromatic heterocycles. The molecule has 0 aliphatic rings. The van der Waals surface area contributed by atoms with E-state index in [4.69, 9.17) is 19.1 Å². The molecular weight excluding hydrogens is 659 g/mol. The van der Waals surface area contributed by atoms with Crippen LogP contribution < -0.4 is 0 Å². The molecule has 50 heavy (non-hydrogen) atoms. The van der Waals surface area contributed by atoms with Gasteiger partial charge in [-0.2, -0.15) is 0 Å². The third-order valence-corrected chi connectivity index (χ3v) is 9.96. The summed E-state index contributed by atoms with van der Waals surface area (Å²) in [5.41, 5.74) is 0. The Bertz CT molecular complexity index is 812. The van der Waals surface area contributed by atoms with Crippen LogP contribution in [0, 0.1) is 0 Å². The Balaban J connectivity index is 4.13. The zero-order valence-electron chi connectivity index (χ0n) is 32.1. The molecule has 11 heteroatoms. The molecule has 0 saturated carbocycles. The lowest BCUT2D eigenvalue weighted by Crippen LogP contribution is -2.29. The van der Waals surface area contributed by atoms with E-state index in [-0.39, 0.29) is 19.4 Å². The fourth-order valence-electron chi connectivity index (χ4n) is 5.82. The summed E-state index contributed by atoms with van der Waals surface area (Å²) >= 11 is 0. The van der Waals surface area contributed by atoms with Gasteiger partial charge in [0.15, 0.2) is 6.10 Å². The van der Waals surface area contributed by atoms with Crippen LogP contribution >= 0.6 is 7.82 Å². The number of ether oxygens (including phenoxy) is 2. The number of unbranched alkanes of at least 4 members (excludes halogenated alkanes) is 25. The zero-order chi connectivity index (χ0) is 37.0. The van der Waals surface area contributed by atoms with Crippen LogP contribution in [0.3, 0.4) is 0 Å². The number of hydrogen-bond acceptors (Lipinski definition) is 9. The Kier molecular flexibility index (Phi) is 35.6. The van der Waals surface area contributed by atoms with Crippen molar-refractivity contribution in [2.45, 2.75) is 212 Å². The van der Waals surface area contributed by atoms with Crippen LogP contribution in [0.15, 0.2) is 0 Å². The molecular formula is C39H77O10P. The highest BCUT2D eigenvalue weighted by Gasteiger charge is 2.27. The Morgan fingerprint density at radius 1 is 0.520 bits per heavy atom. The molecule has 0 rings (SSSR count). The molecule has 0 aliphatic carbocycles. The van der Waals surface area contributed by atoms with Crippen molar-refractivity contribution in [3.05, 3.63) is 0 Å². The summed E-state index contributed by atoms with van der Waals surface area (Å²) in [4.78, 5) is 34.7. The number of carbonyl (C=O) groups is 2. The highest BCUT2D eigenvalue weighted by atomic mass is 31.2. The number of carbonyl (C=O) groups excluding carboxylic acids is 2. The first-order valence-corrected chi connectivity index (χ1v) is 22.0. The van der Waals surface area contributed by atoms with Crippen molar-refractivity contribution in [2.75, 3.05) is 26.4 Å². The van der Waals surface area contributed by atoms with Gasteiger partial charge in [-0.3, -0.25) is 18.6 Å². The third kappa shape index (κ3) is 35.4. The molecule has 0 radical (unpaired) electrons. The second-order valence-electron chi connectivity index (χ2n) is 14.0. The Morgan fingerprint density at radius 2 is 0.860 bits per heavy atom. The number of esters is 2. The quantitative estimate of drug-likeness (QED) is 0.0316. The van der Waals surface area contributed by atoms with Gasteiger partial charge in [0, 0.05) is 12.8 Å². The Labute approximate surface area is 305 Å². The molecule has 0 aromatic carbocycles. The van der Waals surface area contributed by atoms with Gasteiger partial charge < -0.3 is 24.6 Å². The summed E-state index contributed by atoms with van der Waals surface area (Å²) in [6.45, 7) is 2.35. The summed E-state index contributed by atoms with van der Waals surface area (Å²) in [6.07, 6.45) is 31.0. The van der Waals surface area contributed by atoms with E-state index in [9.17, 15) is 24.2 Å². The van der Waals surface area contributed by atoms with Gasteiger partial charge >= 0.3 is 19.8 Å². The van der Waals surface area contributed by atoms with E-state index in [1.807, 2.05) is 0 Å². The van der Waals surface area contributed by atoms with E-state index in [0.29, 0.717) is 12.8 Å². The van der Waals surface area contributed by atoms with Gasteiger partial charge in [-0.15, -0.1) is 0 Å². The number of rotatable bonds is 39. The average molecular weight is 737 g/mol. The number of hydrogen-bond donors (Lipinski definition) is 3. The molecule has 3 atom stereocenters. The van der Waals surface area contributed by atoms with Gasteiger partial charge in [0.2, 0.25) is 0 Å². The summed E-state index contributed by atoms with van der Waals surface area (Å²) in [5, 5.41) is 18.2. The lowest BCUT2D eigenvalue weighted by Gasteiger charge is -2.20. The van der Waals surface area contributed by atoms with E-state index in [0.717, 1.165) is 38.5 Å². The summed E-state index contributed by atoms with van der Waals surface area (Å²) in [5.74, 6) is -0.920. The maximum atomic E-state index is 12.5. The first kappa shape index (κ1) is 49.0. The molecule has 3 unspecified atom stereocenters. The molecule has 0 saturated heterocycles. The van der Waals surface area contributed by atoms with Crippen molar-refractivity contribution >= 4 is 19.8 Å². The topological polar surface area (TPSA) is 149 Å². The first-order chi connectivity index (χ1) is 24.2. The maximum Gasteiger partial charge on any atom is 0.472 e. The summed E-state index contributed by atoms with van der Waals surface area (Å²) < 4.78 is 32.5. The molecule has 298 valence electrons. The van der Waals surface area contributed by atoms with Gasteiger partial charge in [-0.05, 0) is 12.8 Å². The predicted molar refractivity (Wildman–Crippen MR) is 201 cm³/mol. The van der Waals surface area contributed by atoms with Crippen LogP contribution in [0.25, 0.3) is 0 Å². The van der Waals surface area contributed by atoms with Crippen LogP contribution in [0.4, 0.5) is 0 Å². The van der Waals surface area contributed by atoms with Crippen LogP contribution in [-0.4, -0.2) is 65.7 Å². The number of aliphatic hydroxyl groups excluding tert-OH is 2. The van der Waals surface area contributed by atoms with Crippen LogP contribution in [0.2, 0.25) is 0 Å². The highest BCUT2D eigenvalue weighted by molar-refractivity contribution is 7.47. The molecule has 0 aromatic rings. The van der Waals surface area contributed by atoms with Gasteiger partial charge in [0.25, 0.3) is 0 Å². The Hall–Kier alpha value is -1.03. The molecule has 0 spiro atoms. The largest absolute Gasteiger partial charge is 0.472 e. The van der Waals surface area contributed by atoms with Crippen molar-refractivity contribution in [3.63, 3.8) is 0 Å². The number of phosphoric ester groups is 1. The lowest BCUT2D eigenvalue weighted by atomic mass is 10.0. The second-order valence-corrected chi connectivity index (χ2v) is 15.5. The van der Waals surface area contributed by atoms with Crippen LogP contribution in [-0.2, 0) is 32.7 Å². The summed E-state index contributed by atoms with van der Waals surface area (Å²) in [7, 11) is -4.60. The highest BCUT2D eigenvalue weighted by Crippen LogP contribution is 2.43. The van der Waals surface area contributed by atoms with Crippen LogP contribution in [0.1, 0.15) is 200 Å². The van der Waals surface area contributed by atoms with Crippen molar-refractivity contribution in [1.82, 2.24) is 0 Å². The molecule has 0 aliphatic heterocycles. The summed E-state index contributed by atoms with van der Waals surface area (Å²) in [6, 6.07) is 0. The SMILES string of the molecule is CCCCCCCCCCCCCCCCCCCCCCC(=O)OC(COC(=O)CCCCCCCCC)COP(=O)(O)OCC(O)CO. The standard InChI is InChI=1S/C39H77O10P/c1-3-5-7-9-11-12-13-14-15-16-17-18-19-20-21-22-23-25-27-29-31-39(43)49-37(35-48-50(44,45)47-33-36(41)32-40)34-46-38(42)30-28-26-24-10-8-6-4-2/h36-37,40-41H,3-35H2,1-2H3,(H,44,45). The molecule has 0 heterocycles. The van der Waals surface area contributed by atoms with E-state index in [1.165, 1.54) is 122 Å². The molecule has 10 nitrogen and oxygen atoms in total. The van der Waals surface area contributed by atoms with Gasteiger partial charge in [-0.1, -0.05) is 174 Å². The number of aliphatic hydroxyl groups is 2. The minimum atomic E-state index is -4.60. The third-order valence-electron chi connectivity index (χ3n) is 9.01. The van der Waals surface area contributed by atoms with E-state index in [1.54, 1.807) is 0 Å². The fraction of sp³-hybridized carbons (Fsp3) is 0.949. The van der Waals surface area contributed by atoms with E-state index < -0.39 is 51.8 Å². The first-order valence-electron chi connectivity index (χ1n) is 20.5. The van der Waals surface area contributed by atoms with Gasteiger partial charge in [-0.25, -0.2) is 4.57 Å². The normalized spacial score (nSPS) is 13.9. The predicted octanol–water partition coefficient (Wildman–Crippen LogP) is 10.3. The molecule has 0 bridgehead atoms. The van der Waals surface area contributed by atoms with E-state index in [2.05, 4.69) is 18.4 Å². The van der Waals surface area contributed by atoms with Crippen molar-refractivity contribution < 1.29 is 47.8 Å². The monoisotopic (exact) mass is 737 g/mol. The molecule has 0 fully saturated rings. The van der Waals surface area contributed by atoms with Gasteiger partial charge in [0.1, 0.15) is 12.7 Å². The van der Waals surface area contributed by atoms with Crippen molar-refractivity contribution in [1.29, 1.82) is 0 Å². The lowest BCUT2D eigenvalue weighted by molar-refractivity contribution is -0.161. The van der Waals surface area contributed by atoms with Crippen molar-refractivity contribution in [2.24, 2.45) is 0 Å². The zero-order valence-corrected chi connectivity index (χ0v) is 33.0. The minimum Gasteiger partial charge on any atom is -0.462 e. The van der Waals surface area contributed by atoms with Gasteiger partial charge in [0.05, 0.1) is 19.8 Å². The maximum absolute atomic E-state index is 12.5. The Morgan fingerprint density at radius 3 is 1.24 bits per heavy atom. The van der Waals surface area contributed by atoms with Crippen molar-refractivity contribution in [3.8, 4) is 0 Å². The van der Waals surface area contributed by atoms with Crippen LogP contribution in [0.5, 0.6) is 0 Å². The second kappa shape index (κ2) is 36.3. The smallest absolute Gasteiger partial charge is 0.462 e. The van der Waals surface area contributed by atoms with E-state index >= 15 is 0 Å². The molecule has 3 N–H and O–H groups in total. The fourth-order valence-corrected chi connectivity index (χ4v) is 6.61. The minimum absolute atomic E-state index is 0.192.